The van der Waals surface area contributed by atoms with Crippen molar-refractivity contribution in [3.8, 4) is 0 Å². The largest absolute Gasteiger partial charge is 0.300 e. The van der Waals surface area contributed by atoms with E-state index in [1.165, 1.54) is 58.0 Å². The van der Waals surface area contributed by atoms with Gasteiger partial charge in [0.1, 0.15) is 0 Å². The van der Waals surface area contributed by atoms with E-state index in [0.29, 0.717) is 0 Å². The van der Waals surface area contributed by atoms with Crippen molar-refractivity contribution in [3.05, 3.63) is 0 Å². The second kappa shape index (κ2) is 4.45. The summed E-state index contributed by atoms with van der Waals surface area (Å²) in [5.74, 6) is 0.965. The Morgan fingerprint density at radius 2 is 1.54 bits per heavy atom. The molecule has 1 nitrogen and oxygen atoms in total. The maximum absolute atomic E-state index is 2.77. The number of nitrogens with zero attached hydrogens (tertiary/aromatic N) is 1. The summed E-state index contributed by atoms with van der Waals surface area (Å²) in [6.07, 6.45) is 10.3. The zero-order valence-corrected chi connectivity index (χ0v) is 8.97. The number of hydrogen-bond donors (Lipinski definition) is 0. The van der Waals surface area contributed by atoms with Crippen molar-refractivity contribution in [1.82, 2.24) is 4.90 Å². The fraction of sp³-hybridized carbons (Fsp3) is 1.00. The predicted molar refractivity (Wildman–Crippen MR) is 56.8 cm³/mol. The van der Waals surface area contributed by atoms with Crippen molar-refractivity contribution in [3.63, 3.8) is 0 Å². The Kier molecular flexibility index (Phi) is 3.26. The normalized spacial score (nSPS) is 37.6. The number of hydrogen-bond acceptors (Lipinski definition) is 1. The van der Waals surface area contributed by atoms with Crippen LogP contribution in [0.15, 0.2) is 0 Å². The molecule has 0 spiro atoms. The summed E-state index contributed by atoms with van der Waals surface area (Å²) >= 11 is 0. The molecule has 0 N–H and O–H groups in total. The minimum absolute atomic E-state index is 0.939. The second-order valence-corrected chi connectivity index (χ2v) is 4.93. The minimum Gasteiger partial charge on any atom is -0.300 e. The lowest BCUT2D eigenvalue weighted by molar-refractivity contribution is 0.0922. The Hall–Kier alpha value is -0.0400. The smallest absolute Gasteiger partial charge is 0.0121 e. The molecule has 0 unspecified atom stereocenters. The quantitative estimate of drug-likeness (QED) is 0.601. The zero-order chi connectivity index (χ0) is 9.10. The predicted octanol–water partition coefficient (Wildman–Crippen LogP) is 3.05. The molecule has 0 aromatic heterocycles. The van der Waals surface area contributed by atoms with Gasteiger partial charge in [0.2, 0.25) is 0 Å². The highest BCUT2D eigenvalue weighted by molar-refractivity contribution is 4.82. The second-order valence-electron chi connectivity index (χ2n) is 4.93. The molecule has 0 bridgehead atoms. The van der Waals surface area contributed by atoms with Gasteiger partial charge in [-0.05, 0) is 44.7 Å². The van der Waals surface area contributed by atoms with E-state index in [2.05, 4.69) is 11.8 Å². The summed E-state index contributed by atoms with van der Waals surface area (Å²) in [6.45, 7) is 5.22. The molecule has 0 amide bonds. The van der Waals surface area contributed by atoms with Crippen LogP contribution < -0.4 is 0 Å². The third kappa shape index (κ3) is 2.25. The minimum atomic E-state index is 0.939. The van der Waals surface area contributed by atoms with Crippen LogP contribution in [0.1, 0.15) is 51.9 Å². The first-order chi connectivity index (χ1) is 6.38. The highest BCUT2D eigenvalue weighted by Crippen LogP contribution is 2.29. The molecule has 2 rings (SSSR count). The van der Waals surface area contributed by atoms with E-state index in [4.69, 9.17) is 0 Å². The molecular formula is C12H23N. The maximum atomic E-state index is 2.77. The van der Waals surface area contributed by atoms with Gasteiger partial charge in [-0.1, -0.05) is 26.2 Å². The summed E-state index contributed by atoms with van der Waals surface area (Å²) in [6, 6.07) is 0.939. The van der Waals surface area contributed by atoms with Crippen LogP contribution in [0, 0.1) is 5.92 Å². The van der Waals surface area contributed by atoms with Crippen molar-refractivity contribution in [2.75, 3.05) is 13.1 Å². The van der Waals surface area contributed by atoms with Gasteiger partial charge < -0.3 is 4.90 Å². The van der Waals surface area contributed by atoms with Crippen LogP contribution in [0.2, 0.25) is 0 Å². The summed E-state index contributed by atoms with van der Waals surface area (Å²) < 4.78 is 0. The maximum Gasteiger partial charge on any atom is 0.0121 e. The fourth-order valence-corrected chi connectivity index (χ4v) is 3.09. The van der Waals surface area contributed by atoms with Gasteiger partial charge in [0, 0.05) is 6.04 Å². The standard InChI is InChI=1S/C12H23N/c1-11-7-3-4-8-12(11)13-9-5-2-6-10-13/h11-12H,2-10H2,1H3/t11-,12-/m0/s1. The molecule has 1 saturated carbocycles. The van der Waals surface area contributed by atoms with E-state index in [1.54, 1.807) is 0 Å². The first kappa shape index (κ1) is 9.51. The van der Waals surface area contributed by atoms with E-state index in [9.17, 15) is 0 Å². The Morgan fingerprint density at radius 1 is 0.846 bits per heavy atom. The van der Waals surface area contributed by atoms with Crippen molar-refractivity contribution >= 4 is 0 Å². The highest BCUT2D eigenvalue weighted by Gasteiger charge is 2.27. The molecule has 1 heteroatoms. The topological polar surface area (TPSA) is 3.24 Å². The van der Waals surface area contributed by atoms with Gasteiger partial charge in [-0.15, -0.1) is 0 Å². The van der Waals surface area contributed by atoms with Crippen LogP contribution >= 0.6 is 0 Å². The van der Waals surface area contributed by atoms with Crippen molar-refractivity contribution in [2.45, 2.75) is 57.9 Å². The monoisotopic (exact) mass is 181 g/mol. The first-order valence-corrected chi connectivity index (χ1v) is 6.12. The number of rotatable bonds is 1. The molecule has 76 valence electrons. The lowest BCUT2D eigenvalue weighted by Crippen LogP contribution is -2.44. The Morgan fingerprint density at radius 3 is 2.23 bits per heavy atom. The van der Waals surface area contributed by atoms with Crippen LogP contribution in [-0.4, -0.2) is 24.0 Å². The summed E-state index contributed by atoms with van der Waals surface area (Å²) in [7, 11) is 0. The average molecular weight is 181 g/mol. The Bertz CT molecular complexity index is 149. The lowest BCUT2D eigenvalue weighted by Gasteiger charge is -2.40. The van der Waals surface area contributed by atoms with Gasteiger partial charge >= 0.3 is 0 Å². The van der Waals surface area contributed by atoms with Gasteiger partial charge in [0.05, 0.1) is 0 Å². The molecule has 0 radical (unpaired) electrons. The number of likely N-dealkylation sites (tertiary alicyclic amines) is 1. The van der Waals surface area contributed by atoms with Gasteiger partial charge in [0.15, 0.2) is 0 Å². The van der Waals surface area contributed by atoms with E-state index in [1.807, 2.05) is 0 Å². The molecular weight excluding hydrogens is 158 g/mol. The summed E-state index contributed by atoms with van der Waals surface area (Å²) in [5, 5.41) is 0. The Labute approximate surface area is 82.5 Å². The van der Waals surface area contributed by atoms with Crippen molar-refractivity contribution < 1.29 is 0 Å². The van der Waals surface area contributed by atoms with Crippen molar-refractivity contribution in [1.29, 1.82) is 0 Å². The molecule has 1 heterocycles. The van der Waals surface area contributed by atoms with Crippen LogP contribution in [-0.2, 0) is 0 Å². The lowest BCUT2D eigenvalue weighted by atomic mass is 9.84. The number of piperidine rings is 1. The molecule has 1 aliphatic heterocycles. The van der Waals surface area contributed by atoms with Gasteiger partial charge in [0.25, 0.3) is 0 Å². The van der Waals surface area contributed by atoms with Gasteiger partial charge in [-0.25, -0.2) is 0 Å². The molecule has 13 heavy (non-hydrogen) atoms. The molecule has 1 aliphatic carbocycles. The molecule has 0 aromatic carbocycles. The molecule has 2 aliphatic rings. The van der Waals surface area contributed by atoms with E-state index >= 15 is 0 Å². The first-order valence-electron chi connectivity index (χ1n) is 6.12. The Balaban J connectivity index is 1.88. The third-order valence-electron chi connectivity index (χ3n) is 3.93. The highest BCUT2D eigenvalue weighted by atomic mass is 15.2. The fourth-order valence-electron chi connectivity index (χ4n) is 3.09. The van der Waals surface area contributed by atoms with Crippen molar-refractivity contribution in [2.24, 2.45) is 5.92 Å². The molecule has 1 saturated heterocycles. The van der Waals surface area contributed by atoms with Crippen LogP contribution in [0.5, 0.6) is 0 Å². The SMILES string of the molecule is C[C@H]1CCCC[C@@H]1N1CCCCC1. The molecule has 2 atom stereocenters. The summed E-state index contributed by atoms with van der Waals surface area (Å²) in [5.41, 5.74) is 0. The third-order valence-corrected chi connectivity index (χ3v) is 3.93. The van der Waals surface area contributed by atoms with E-state index < -0.39 is 0 Å². The van der Waals surface area contributed by atoms with Crippen LogP contribution in [0.25, 0.3) is 0 Å². The van der Waals surface area contributed by atoms with E-state index in [-0.39, 0.29) is 0 Å². The van der Waals surface area contributed by atoms with E-state index in [0.717, 1.165) is 12.0 Å². The molecule has 0 aromatic rings. The summed E-state index contributed by atoms with van der Waals surface area (Å²) in [4.78, 5) is 2.77. The average Bonchev–Trinajstić information content (AvgIpc) is 2.20. The van der Waals surface area contributed by atoms with Gasteiger partial charge in [-0.3, -0.25) is 0 Å². The van der Waals surface area contributed by atoms with Crippen LogP contribution in [0.4, 0.5) is 0 Å². The molecule has 2 fully saturated rings. The van der Waals surface area contributed by atoms with Crippen LogP contribution in [0.3, 0.4) is 0 Å². The zero-order valence-electron chi connectivity index (χ0n) is 8.97. The van der Waals surface area contributed by atoms with Gasteiger partial charge in [-0.2, -0.15) is 0 Å².